The highest BCUT2D eigenvalue weighted by Crippen LogP contribution is 2.38. The van der Waals surface area contributed by atoms with Gasteiger partial charge in [0.1, 0.15) is 6.10 Å². The van der Waals surface area contributed by atoms with Gasteiger partial charge in [0.2, 0.25) is 0 Å². The van der Waals surface area contributed by atoms with Gasteiger partial charge in [-0.05, 0) is 47.5 Å². The van der Waals surface area contributed by atoms with Gasteiger partial charge < -0.3 is 5.11 Å². The van der Waals surface area contributed by atoms with Gasteiger partial charge >= 0.3 is 4.83 Å². The maximum atomic E-state index is 12.8. The number of halogens is 3. The molecule has 0 aromatic rings. The zero-order valence-electron chi connectivity index (χ0n) is 8.30. The second kappa shape index (κ2) is 4.27. The monoisotopic (exact) mass is 268 g/mol. The average molecular weight is 269 g/mol. The molecule has 1 nitrogen and oxygen atoms in total. The Balaban J connectivity index is 2.68. The molecular weight excluding hydrogens is 254 g/mol. The van der Waals surface area contributed by atoms with Crippen molar-refractivity contribution in [3.63, 3.8) is 0 Å². The number of allylic oxidation sites excluding steroid dienone is 2. The Bertz CT molecular complexity index is 235. The number of hydrogen-bond acceptors (Lipinski definition) is 1. The number of aliphatic hydroxyl groups is 1. The molecule has 0 spiro atoms. The molecule has 1 rings (SSSR count). The van der Waals surface area contributed by atoms with E-state index in [1.807, 2.05) is 13.8 Å². The van der Waals surface area contributed by atoms with Crippen LogP contribution in [0, 0.1) is 11.8 Å². The van der Waals surface area contributed by atoms with E-state index in [1.165, 1.54) is 0 Å². The third-order valence-electron chi connectivity index (χ3n) is 2.61. The lowest BCUT2D eigenvalue weighted by atomic mass is 9.81. The molecule has 82 valence electrons. The summed E-state index contributed by atoms with van der Waals surface area (Å²) < 4.78 is 25.6. The van der Waals surface area contributed by atoms with Crippen molar-refractivity contribution in [1.29, 1.82) is 0 Å². The Labute approximate surface area is 91.3 Å². The van der Waals surface area contributed by atoms with Gasteiger partial charge in [0.25, 0.3) is 0 Å². The highest BCUT2D eigenvalue weighted by Gasteiger charge is 2.41. The largest absolute Gasteiger partial charge is 0.386 e. The number of hydrogen-bond donors (Lipinski definition) is 1. The summed E-state index contributed by atoms with van der Waals surface area (Å²) in [5.41, 5.74) is 1.09. The van der Waals surface area contributed by atoms with Gasteiger partial charge in [0, 0.05) is 0 Å². The van der Waals surface area contributed by atoms with E-state index in [0.717, 1.165) is 5.57 Å². The maximum absolute atomic E-state index is 12.8. The molecule has 0 bridgehead atoms. The fourth-order valence-corrected chi connectivity index (χ4v) is 2.48. The molecular formula is C10H15BrF2O. The number of rotatable bonds is 2. The second-order valence-corrected chi connectivity index (χ2v) is 5.23. The van der Waals surface area contributed by atoms with Crippen LogP contribution in [0.4, 0.5) is 8.78 Å². The minimum absolute atomic E-state index is 0.276. The lowest BCUT2D eigenvalue weighted by molar-refractivity contribution is -0.0639. The van der Waals surface area contributed by atoms with E-state index in [2.05, 4.69) is 22.0 Å². The van der Waals surface area contributed by atoms with Crippen molar-refractivity contribution in [3.8, 4) is 0 Å². The quantitative estimate of drug-likeness (QED) is 0.602. The summed E-state index contributed by atoms with van der Waals surface area (Å²) in [5.74, 6) is -0.0670. The van der Waals surface area contributed by atoms with Crippen molar-refractivity contribution in [2.45, 2.75) is 37.6 Å². The van der Waals surface area contributed by atoms with Gasteiger partial charge in [-0.3, -0.25) is 0 Å². The SMILES string of the molecule is CC1=CC(C)CC(C(O)C(F)(F)Br)C1. The van der Waals surface area contributed by atoms with Crippen molar-refractivity contribution in [2.24, 2.45) is 11.8 Å². The number of aliphatic hydroxyl groups excluding tert-OH is 1. The van der Waals surface area contributed by atoms with E-state index >= 15 is 0 Å². The molecule has 0 saturated heterocycles. The zero-order valence-corrected chi connectivity index (χ0v) is 9.89. The van der Waals surface area contributed by atoms with Crippen LogP contribution in [0.15, 0.2) is 11.6 Å². The second-order valence-electron chi connectivity index (χ2n) is 4.18. The maximum Gasteiger partial charge on any atom is 0.326 e. The Kier molecular flexibility index (Phi) is 3.69. The lowest BCUT2D eigenvalue weighted by Crippen LogP contribution is -2.36. The predicted molar refractivity (Wildman–Crippen MR) is 55.5 cm³/mol. The molecule has 3 atom stereocenters. The molecule has 1 aliphatic rings. The Morgan fingerprint density at radius 2 is 2.21 bits per heavy atom. The highest BCUT2D eigenvalue weighted by atomic mass is 79.9. The van der Waals surface area contributed by atoms with Crippen LogP contribution in [-0.2, 0) is 0 Å². The molecule has 0 aliphatic heterocycles. The van der Waals surface area contributed by atoms with E-state index < -0.39 is 10.9 Å². The minimum Gasteiger partial charge on any atom is -0.386 e. The van der Waals surface area contributed by atoms with Crippen molar-refractivity contribution in [1.82, 2.24) is 0 Å². The van der Waals surface area contributed by atoms with Crippen LogP contribution in [0.3, 0.4) is 0 Å². The third-order valence-corrected chi connectivity index (χ3v) is 3.08. The summed E-state index contributed by atoms with van der Waals surface area (Å²) in [5, 5.41) is 9.42. The summed E-state index contributed by atoms with van der Waals surface area (Å²) in [6, 6.07) is 0. The molecule has 0 saturated carbocycles. The molecule has 4 heteroatoms. The van der Waals surface area contributed by atoms with Crippen LogP contribution >= 0.6 is 15.9 Å². The summed E-state index contributed by atoms with van der Waals surface area (Å²) >= 11 is 2.22. The van der Waals surface area contributed by atoms with Crippen LogP contribution in [0.5, 0.6) is 0 Å². The molecule has 0 radical (unpaired) electrons. The average Bonchev–Trinajstić information content (AvgIpc) is 1.99. The van der Waals surface area contributed by atoms with Gasteiger partial charge in [-0.15, -0.1) is 0 Å². The standard InChI is InChI=1S/C10H15BrF2O/c1-6-3-7(2)5-8(4-6)9(14)10(11,12)13/h3,6,8-9,14H,4-5H2,1-2H3. The molecule has 1 aliphatic carbocycles. The molecule has 0 aromatic heterocycles. The molecule has 3 unspecified atom stereocenters. The molecule has 1 N–H and O–H groups in total. The van der Waals surface area contributed by atoms with Crippen molar-refractivity contribution in [2.75, 3.05) is 0 Å². The van der Waals surface area contributed by atoms with E-state index in [-0.39, 0.29) is 11.8 Å². The van der Waals surface area contributed by atoms with Crippen LogP contribution in [0.1, 0.15) is 26.7 Å². The van der Waals surface area contributed by atoms with E-state index in [4.69, 9.17) is 0 Å². The first-order valence-corrected chi connectivity index (χ1v) is 5.52. The third kappa shape index (κ3) is 3.02. The Morgan fingerprint density at radius 1 is 1.64 bits per heavy atom. The Hall–Kier alpha value is 0.0400. The van der Waals surface area contributed by atoms with Crippen LogP contribution in [0.25, 0.3) is 0 Å². The van der Waals surface area contributed by atoms with E-state index in [1.54, 1.807) is 0 Å². The summed E-state index contributed by atoms with van der Waals surface area (Å²) in [6.45, 7) is 3.90. The fraction of sp³-hybridized carbons (Fsp3) is 0.800. The van der Waals surface area contributed by atoms with Crippen molar-refractivity contribution >= 4 is 15.9 Å². The molecule has 14 heavy (non-hydrogen) atoms. The fourth-order valence-electron chi connectivity index (χ4n) is 2.10. The summed E-state index contributed by atoms with van der Waals surface area (Å²) in [6.07, 6.45) is 1.68. The first-order chi connectivity index (χ1) is 6.30. The van der Waals surface area contributed by atoms with Gasteiger partial charge in [0.15, 0.2) is 0 Å². The molecule has 0 heterocycles. The normalized spacial score (nSPS) is 31.1. The first kappa shape index (κ1) is 12.1. The van der Waals surface area contributed by atoms with Crippen molar-refractivity contribution in [3.05, 3.63) is 11.6 Å². The number of alkyl halides is 3. The lowest BCUT2D eigenvalue weighted by Gasteiger charge is -2.31. The van der Waals surface area contributed by atoms with Gasteiger partial charge in [-0.25, -0.2) is 0 Å². The van der Waals surface area contributed by atoms with Gasteiger partial charge in [-0.2, -0.15) is 8.78 Å². The highest BCUT2D eigenvalue weighted by molar-refractivity contribution is 9.10. The molecule has 0 aromatic carbocycles. The Morgan fingerprint density at radius 3 is 2.64 bits per heavy atom. The van der Waals surface area contributed by atoms with E-state index in [0.29, 0.717) is 12.8 Å². The topological polar surface area (TPSA) is 20.2 Å². The summed E-state index contributed by atoms with van der Waals surface area (Å²) in [4.78, 5) is -3.17. The predicted octanol–water partition coefficient (Wildman–Crippen LogP) is 3.33. The molecule has 0 amide bonds. The smallest absolute Gasteiger partial charge is 0.326 e. The first-order valence-electron chi connectivity index (χ1n) is 4.72. The van der Waals surface area contributed by atoms with Gasteiger partial charge in [-0.1, -0.05) is 18.6 Å². The van der Waals surface area contributed by atoms with Crippen molar-refractivity contribution < 1.29 is 13.9 Å². The van der Waals surface area contributed by atoms with Crippen LogP contribution < -0.4 is 0 Å². The van der Waals surface area contributed by atoms with Crippen LogP contribution in [0.2, 0.25) is 0 Å². The zero-order chi connectivity index (χ0) is 10.9. The van der Waals surface area contributed by atoms with E-state index in [9.17, 15) is 13.9 Å². The summed E-state index contributed by atoms with van der Waals surface area (Å²) in [7, 11) is 0. The van der Waals surface area contributed by atoms with Gasteiger partial charge in [0.05, 0.1) is 0 Å². The minimum atomic E-state index is -3.17. The van der Waals surface area contributed by atoms with Crippen LogP contribution in [-0.4, -0.2) is 16.0 Å². The molecule has 0 fully saturated rings.